The SMILES string of the molecule is O=C(NCCO)C1CC1c1cccc(C(F)(F)F)c1. The summed E-state index contributed by atoms with van der Waals surface area (Å²) >= 11 is 0. The number of aliphatic hydroxyl groups excluding tert-OH is 1. The summed E-state index contributed by atoms with van der Waals surface area (Å²) in [5, 5.41) is 11.1. The maximum absolute atomic E-state index is 12.6. The van der Waals surface area contributed by atoms with Gasteiger partial charge in [0.2, 0.25) is 5.91 Å². The summed E-state index contributed by atoms with van der Waals surface area (Å²) in [7, 11) is 0. The Morgan fingerprint density at radius 1 is 1.42 bits per heavy atom. The van der Waals surface area contributed by atoms with Crippen LogP contribution in [0, 0.1) is 5.92 Å². The average molecular weight is 273 g/mol. The first kappa shape index (κ1) is 13.9. The Morgan fingerprint density at radius 3 is 2.79 bits per heavy atom. The van der Waals surface area contributed by atoms with E-state index in [0.717, 1.165) is 12.1 Å². The molecule has 2 atom stereocenters. The second-order valence-electron chi connectivity index (χ2n) is 4.59. The molecule has 1 amide bonds. The predicted molar refractivity (Wildman–Crippen MR) is 62.4 cm³/mol. The second kappa shape index (κ2) is 5.21. The second-order valence-corrected chi connectivity index (χ2v) is 4.59. The molecular weight excluding hydrogens is 259 g/mol. The normalized spacial score (nSPS) is 22.1. The Balaban J connectivity index is 2.03. The molecule has 1 aliphatic carbocycles. The quantitative estimate of drug-likeness (QED) is 0.880. The van der Waals surface area contributed by atoms with Crippen molar-refractivity contribution in [1.82, 2.24) is 5.32 Å². The average Bonchev–Trinajstić information content (AvgIpc) is 3.15. The zero-order chi connectivity index (χ0) is 14.0. The zero-order valence-electron chi connectivity index (χ0n) is 10.1. The van der Waals surface area contributed by atoms with Crippen molar-refractivity contribution in [3.63, 3.8) is 0 Å². The summed E-state index contributed by atoms with van der Waals surface area (Å²) in [4.78, 5) is 11.6. The number of benzene rings is 1. The van der Waals surface area contributed by atoms with Gasteiger partial charge in [-0.2, -0.15) is 13.2 Å². The molecule has 1 aromatic rings. The Bertz CT molecular complexity index is 473. The largest absolute Gasteiger partial charge is 0.416 e. The van der Waals surface area contributed by atoms with Crippen molar-refractivity contribution in [2.75, 3.05) is 13.2 Å². The van der Waals surface area contributed by atoms with Crippen LogP contribution in [0.1, 0.15) is 23.5 Å². The summed E-state index contributed by atoms with van der Waals surface area (Å²) in [6, 6.07) is 5.09. The van der Waals surface area contributed by atoms with Gasteiger partial charge in [-0.15, -0.1) is 0 Å². The summed E-state index contributed by atoms with van der Waals surface area (Å²) in [6.07, 6.45) is -3.81. The zero-order valence-corrected chi connectivity index (χ0v) is 10.1. The lowest BCUT2D eigenvalue weighted by molar-refractivity contribution is -0.137. The molecular formula is C13H14F3NO2. The summed E-state index contributed by atoms with van der Waals surface area (Å²) < 4.78 is 37.7. The molecule has 1 aliphatic rings. The van der Waals surface area contributed by atoms with Crippen LogP contribution in [-0.4, -0.2) is 24.2 Å². The Labute approximate surface area is 108 Å². The number of carbonyl (C=O) groups excluding carboxylic acids is 1. The Morgan fingerprint density at radius 2 is 2.16 bits per heavy atom. The standard InChI is InChI=1S/C13H14F3NO2/c14-13(15,16)9-3-1-2-8(6-9)10-7-11(10)12(19)17-4-5-18/h1-3,6,10-11,18H,4-5,7H2,(H,17,19). The van der Waals surface area contributed by atoms with Crippen molar-refractivity contribution in [3.8, 4) is 0 Å². The molecule has 0 bridgehead atoms. The third kappa shape index (κ3) is 3.26. The van der Waals surface area contributed by atoms with Crippen molar-refractivity contribution in [2.45, 2.75) is 18.5 Å². The summed E-state index contributed by atoms with van der Waals surface area (Å²) in [5.41, 5.74) is -0.148. The lowest BCUT2D eigenvalue weighted by atomic mass is 10.1. The fourth-order valence-corrected chi connectivity index (χ4v) is 2.11. The van der Waals surface area contributed by atoms with E-state index in [-0.39, 0.29) is 30.9 Å². The first-order valence-corrected chi connectivity index (χ1v) is 5.99. The summed E-state index contributed by atoms with van der Waals surface area (Å²) in [5.74, 6) is -0.646. The number of carbonyl (C=O) groups is 1. The minimum absolute atomic E-state index is 0.146. The van der Waals surface area contributed by atoms with E-state index in [1.807, 2.05) is 0 Å². The highest BCUT2D eigenvalue weighted by Gasteiger charge is 2.44. The van der Waals surface area contributed by atoms with Crippen molar-refractivity contribution >= 4 is 5.91 Å². The number of aliphatic hydroxyl groups is 1. The first-order valence-electron chi connectivity index (χ1n) is 5.99. The van der Waals surface area contributed by atoms with Gasteiger partial charge >= 0.3 is 6.18 Å². The van der Waals surface area contributed by atoms with E-state index >= 15 is 0 Å². The maximum atomic E-state index is 12.6. The molecule has 0 saturated heterocycles. The highest BCUT2D eigenvalue weighted by atomic mass is 19.4. The molecule has 2 N–H and O–H groups in total. The molecule has 1 fully saturated rings. The van der Waals surface area contributed by atoms with Gasteiger partial charge in [-0.1, -0.05) is 18.2 Å². The van der Waals surface area contributed by atoms with Crippen LogP contribution >= 0.6 is 0 Å². The Hall–Kier alpha value is -1.56. The minimum atomic E-state index is -4.36. The molecule has 19 heavy (non-hydrogen) atoms. The van der Waals surface area contributed by atoms with Gasteiger partial charge in [-0.05, 0) is 24.0 Å². The van der Waals surface area contributed by atoms with E-state index in [2.05, 4.69) is 5.32 Å². The molecule has 0 heterocycles. The number of hydrogen-bond donors (Lipinski definition) is 2. The van der Waals surface area contributed by atoms with Gasteiger partial charge in [0.15, 0.2) is 0 Å². The Kier molecular flexibility index (Phi) is 3.80. The molecule has 2 unspecified atom stereocenters. The van der Waals surface area contributed by atoms with Crippen molar-refractivity contribution in [2.24, 2.45) is 5.92 Å². The fourth-order valence-electron chi connectivity index (χ4n) is 2.11. The van der Waals surface area contributed by atoms with Gasteiger partial charge in [0.05, 0.1) is 12.2 Å². The molecule has 1 saturated carbocycles. The number of alkyl halides is 3. The van der Waals surface area contributed by atoms with Crippen LogP contribution < -0.4 is 5.32 Å². The van der Waals surface area contributed by atoms with Gasteiger partial charge in [-0.3, -0.25) is 4.79 Å². The number of hydrogen-bond acceptors (Lipinski definition) is 2. The molecule has 0 radical (unpaired) electrons. The molecule has 1 aromatic carbocycles. The molecule has 3 nitrogen and oxygen atoms in total. The lowest BCUT2D eigenvalue weighted by Gasteiger charge is -2.08. The molecule has 0 aliphatic heterocycles. The fraction of sp³-hybridized carbons (Fsp3) is 0.462. The highest BCUT2D eigenvalue weighted by Crippen LogP contribution is 2.48. The van der Waals surface area contributed by atoms with Crippen LogP contribution in [0.4, 0.5) is 13.2 Å². The van der Waals surface area contributed by atoms with Crippen LogP contribution in [0.2, 0.25) is 0 Å². The lowest BCUT2D eigenvalue weighted by Crippen LogP contribution is -2.28. The van der Waals surface area contributed by atoms with E-state index < -0.39 is 11.7 Å². The van der Waals surface area contributed by atoms with Crippen LogP contribution in [0.15, 0.2) is 24.3 Å². The third-order valence-electron chi connectivity index (χ3n) is 3.18. The molecule has 6 heteroatoms. The van der Waals surface area contributed by atoms with Gasteiger partial charge in [0.1, 0.15) is 0 Å². The third-order valence-corrected chi connectivity index (χ3v) is 3.18. The molecule has 2 rings (SSSR count). The monoisotopic (exact) mass is 273 g/mol. The van der Waals surface area contributed by atoms with Crippen molar-refractivity contribution in [3.05, 3.63) is 35.4 Å². The van der Waals surface area contributed by atoms with Crippen LogP contribution in [-0.2, 0) is 11.0 Å². The van der Waals surface area contributed by atoms with Gasteiger partial charge < -0.3 is 10.4 Å². The van der Waals surface area contributed by atoms with Crippen LogP contribution in [0.3, 0.4) is 0 Å². The smallest absolute Gasteiger partial charge is 0.395 e. The maximum Gasteiger partial charge on any atom is 0.416 e. The number of amides is 1. The number of nitrogens with one attached hydrogen (secondary N) is 1. The van der Waals surface area contributed by atoms with Crippen LogP contribution in [0.25, 0.3) is 0 Å². The van der Waals surface area contributed by atoms with Gasteiger partial charge in [-0.25, -0.2) is 0 Å². The van der Waals surface area contributed by atoms with Crippen molar-refractivity contribution in [1.29, 1.82) is 0 Å². The minimum Gasteiger partial charge on any atom is -0.395 e. The van der Waals surface area contributed by atoms with Gasteiger partial charge in [0, 0.05) is 12.5 Å². The van der Waals surface area contributed by atoms with E-state index in [1.165, 1.54) is 6.07 Å². The van der Waals surface area contributed by atoms with E-state index in [0.29, 0.717) is 12.0 Å². The van der Waals surface area contributed by atoms with Gasteiger partial charge in [0.25, 0.3) is 0 Å². The topological polar surface area (TPSA) is 49.3 Å². The molecule has 104 valence electrons. The number of halogens is 3. The van der Waals surface area contributed by atoms with Crippen molar-refractivity contribution < 1.29 is 23.1 Å². The van der Waals surface area contributed by atoms with Crippen LogP contribution in [0.5, 0.6) is 0 Å². The predicted octanol–water partition coefficient (Wildman–Crippen LogP) is 1.92. The summed E-state index contributed by atoms with van der Waals surface area (Å²) in [6.45, 7) is 0.0251. The highest BCUT2D eigenvalue weighted by molar-refractivity contribution is 5.82. The first-order chi connectivity index (χ1) is 8.93. The van der Waals surface area contributed by atoms with E-state index in [4.69, 9.17) is 5.11 Å². The molecule has 0 spiro atoms. The van der Waals surface area contributed by atoms with E-state index in [1.54, 1.807) is 6.07 Å². The number of rotatable bonds is 4. The molecule has 0 aromatic heterocycles. The van der Waals surface area contributed by atoms with E-state index in [9.17, 15) is 18.0 Å².